The number of aryl methyl sites for hydroxylation is 1. The van der Waals surface area contributed by atoms with Gasteiger partial charge in [-0.05, 0) is 34.7 Å². The molecule has 7 nitrogen and oxygen atoms in total. The van der Waals surface area contributed by atoms with E-state index in [2.05, 4.69) is 30.7 Å². The van der Waals surface area contributed by atoms with Crippen molar-refractivity contribution in [3.05, 3.63) is 65.7 Å². The SMILES string of the molecule is CCCc1nc(C(F)(F)CCC)nn1Cc1ccc(-c2ccccc2-c2nn[nH]n2)cc1. The molecular formula is C23H25F2N7. The fourth-order valence-electron chi connectivity index (χ4n) is 3.66. The van der Waals surface area contributed by atoms with E-state index in [-0.39, 0.29) is 12.2 Å². The number of nitrogens with one attached hydrogen (secondary N) is 1. The van der Waals surface area contributed by atoms with E-state index >= 15 is 0 Å². The highest BCUT2D eigenvalue weighted by Gasteiger charge is 2.36. The average molecular weight is 437 g/mol. The molecule has 2 aromatic heterocycles. The third-order valence-electron chi connectivity index (χ3n) is 5.22. The van der Waals surface area contributed by atoms with Gasteiger partial charge in [-0.1, -0.05) is 62.4 Å². The maximum absolute atomic E-state index is 14.4. The van der Waals surface area contributed by atoms with Crippen molar-refractivity contribution in [3.63, 3.8) is 0 Å². The van der Waals surface area contributed by atoms with Gasteiger partial charge in [-0.2, -0.15) is 14.0 Å². The van der Waals surface area contributed by atoms with Gasteiger partial charge >= 0.3 is 5.92 Å². The lowest BCUT2D eigenvalue weighted by Gasteiger charge is -2.10. The molecule has 0 aliphatic heterocycles. The third kappa shape index (κ3) is 4.56. The van der Waals surface area contributed by atoms with Crippen molar-refractivity contribution in [1.82, 2.24) is 35.4 Å². The van der Waals surface area contributed by atoms with Gasteiger partial charge in [0.1, 0.15) is 5.82 Å². The number of halogens is 2. The minimum absolute atomic E-state index is 0.253. The Morgan fingerprint density at radius 3 is 2.38 bits per heavy atom. The van der Waals surface area contributed by atoms with Crippen molar-refractivity contribution in [2.24, 2.45) is 0 Å². The second-order valence-corrected chi connectivity index (χ2v) is 7.69. The van der Waals surface area contributed by atoms with Crippen LogP contribution in [0.4, 0.5) is 8.78 Å². The van der Waals surface area contributed by atoms with E-state index in [4.69, 9.17) is 0 Å². The first-order valence-corrected chi connectivity index (χ1v) is 10.8. The smallest absolute Gasteiger partial charge is 0.245 e. The molecule has 0 radical (unpaired) electrons. The summed E-state index contributed by atoms with van der Waals surface area (Å²) in [6.07, 6.45) is 1.53. The largest absolute Gasteiger partial charge is 0.308 e. The van der Waals surface area contributed by atoms with Crippen molar-refractivity contribution < 1.29 is 8.78 Å². The van der Waals surface area contributed by atoms with Crippen LogP contribution in [-0.4, -0.2) is 35.4 Å². The maximum Gasteiger partial charge on any atom is 0.308 e. The number of rotatable bonds is 9. The highest BCUT2D eigenvalue weighted by atomic mass is 19.3. The van der Waals surface area contributed by atoms with E-state index in [9.17, 15) is 8.78 Å². The van der Waals surface area contributed by atoms with Crippen LogP contribution in [0.5, 0.6) is 0 Å². The Bertz CT molecular complexity index is 1150. The van der Waals surface area contributed by atoms with Gasteiger partial charge in [0.15, 0.2) is 0 Å². The average Bonchev–Trinajstić information content (AvgIpc) is 3.46. The molecule has 2 aromatic carbocycles. The highest BCUT2D eigenvalue weighted by Crippen LogP contribution is 2.32. The summed E-state index contributed by atoms with van der Waals surface area (Å²) in [6.45, 7) is 4.12. The van der Waals surface area contributed by atoms with Crippen LogP contribution in [0.3, 0.4) is 0 Å². The first-order valence-electron chi connectivity index (χ1n) is 10.8. The monoisotopic (exact) mass is 437 g/mol. The van der Waals surface area contributed by atoms with E-state index in [1.165, 1.54) is 0 Å². The molecular weight excluding hydrogens is 412 g/mol. The lowest BCUT2D eigenvalue weighted by atomic mass is 9.98. The number of nitrogens with zero attached hydrogens (tertiary/aromatic N) is 6. The molecule has 0 aliphatic carbocycles. The van der Waals surface area contributed by atoms with E-state index < -0.39 is 5.92 Å². The number of alkyl halides is 2. The van der Waals surface area contributed by atoms with Crippen molar-refractivity contribution in [2.75, 3.05) is 0 Å². The first kappa shape index (κ1) is 21.7. The lowest BCUT2D eigenvalue weighted by molar-refractivity contribution is -0.0232. The van der Waals surface area contributed by atoms with Gasteiger partial charge in [-0.3, -0.25) is 0 Å². The Labute approximate surface area is 184 Å². The zero-order valence-corrected chi connectivity index (χ0v) is 18.1. The molecule has 9 heteroatoms. The quantitative estimate of drug-likeness (QED) is 0.397. The summed E-state index contributed by atoms with van der Waals surface area (Å²) in [5.41, 5.74) is 3.81. The van der Waals surface area contributed by atoms with Gasteiger partial charge in [-0.15, -0.1) is 15.3 Å². The normalized spacial score (nSPS) is 11.8. The molecule has 2 heterocycles. The van der Waals surface area contributed by atoms with Crippen LogP contribution in [-0.2, 0) is 18.9 Å². The summed E-state index contributed by atoms with van der Waals surface area (Å²) in [6, 6.07) is 15.8. The van der Waals surface area contributed by atoms with Crippen LogP contribution in [0.25, 0.3) is 22.5 Å². The predicted octanol–water partition coefficient (Wildman–Crippen LogP) is 5.02. The Hall–Kier alpha value is -3.49. The Balaban J connectivity index is 1.60. The van der Waals surface area contributed by atoms with Crippen molar-refractivity contribution in [1.29, 1.82) is 0 Å². The van der Waals surface area contributed by atoms with Crippen LogP contribution in [0, 0.1) is 0 Å². The molecule has 0 bridgehead atoms. The molecule has 1 N–H and O–H groups in total. The molecule has 0 amide bonds. The van der Waals surface area contributed by atoms with Gasteiger partial charge in [0.25, 0.3) is 0 Å². The second-order valence-electron chi connectivity index (χ2n) is 7.69. The Morgan fingerprint density at radius 1 is 0.969 bits per heavy atom. The number of tetrazole rings is 1. The van der Waals surface area contributed by atoms with E-state index in [1.54, 1.807) is 11.6 Å². The van der Waals surface area contributed by atoms with E-state index in [1.807, 2.05) is 55.5 Å². The summed E-state index contributed by atoms with van der Waals surface area (Å²) in [7, 11) is 0. The van der Waals surface area contributed by atoms with Gasteiger partial charge in [0, 0.05) is 18.4 Å². The van der Waals surface area contributed by atoms with Crippen LogP contribution < -0.4 is 0 Å². The molecule has 4 rings (SSSR count). The standard InChI is InChI=1S/C23H25F2N7/c1-3-7-20-26-22(23(24,25)14-4-2)29-32(20)15-16-10-12-17(13-11-16)18-8-5-6-9-19(18)21-27-30-31-28-21/h5-6,8-13H,3-4,7,14-15H2,1-2H3,(H,27,28,30,31). The molecule has 32 heavy (non-hydrogen) atoms. The molecule has 0 unspecified atom stereocenters. The zero-order chi connectivity index (χ0) is 22.6. The minimum atomic E-state index is -3.01. The summed E-state index contributed by atoms with van der Waals surface area (Å²) >= 11 is 0. The van der Waals surface area contributed by atoms with Crippen LogP contribution >= 0.6 is 0 Å². The van der Waals surface area contributed by atoms with Gasteiger partial charge in [0.05, 0.1) is 6.54 Å². The molecule has 0 saturated carbocycles. The van der Waals surface area contributed by atoms with Crippen molar-refractivity contribution >= 4 is 0 Å². The van der Waals surface area contributed by atoms with E-state index in [0.717, 1.165) is 28.7 Å². The van der Waals surface area contributed by atoms with Gasteiger partial charge in [0.2, 0.25) is 11.6 Å². The Morgan fingerprint density at radius 2 is 1.72 bits per heavy atom. The fraction of sp³-hybridized carbons (Fsp3) is 0.348. The molecule has 0 saturated heterocycles. The minimum Gasteiger partial charge on any atom is -0.245 e. The number of hydrogen-bond donors (Lipinski definition) is 1. The maximum atomic E-state index is 14.4. The highest BCUT2D eigenvalue weighted by molar-refractivity contribution is 5.80. The molecule has 0 fully saturated rings. The summed E-state index contributed by atoms with van der Waals surface area (Å²) in [5, 5.41) is 18.5. The zero-order valence-electron chi connectivity index (χ0n) is 18.1. The van der Waals surface area contributed by atoms with Gasteiger partial charge in [-0.25, -0.2) is 9.67 Å². The number of benzene rings is 2. The van der Waals surface area contributed by atoms with Crippen LogP contribution in [0.15, 0.2) is 48.5 Å². The van der Waals surface area contributed by atoms with Crippen molar-refractivity contribution in [3.8, 4) is 22.5 Å². The Kier molecular flexibility index (Phi) is 6.34. The fourth-order valence-corrected chi connectivity index (χ4v) is 3.66. The van der Waals surface area contributed by atoms with Gasteiger partial charge < -0.3 is 0 Å². The number of aromatic amines is 1. The number of aromatic nitrogens is 7. The molecule has 0 atom stereocenters. The summed E-state index contributed by atoms with van der Waals surface area (Å²) in [4.78, 5) is 4.17. The summed E-state index contributed by atoms with van der Waals surface area (Å²) in [5.74, 6) is -2.28. The summed E-state index contributed by atoms with van der Waals surface area (Å²) < 4.78 is 30.3. The first-order chi connectivity index (χ1) is 15.5. The van der Waals surface area contributed by atoms with E-state index in [0.29, 0.717) is 31.0 Å². The van der Waals surface area contributed by atoms with Crippen molar-refractivity contribution in [2.45, 2.75) is 52.0 Å². The predicted molar refractivity (Wildman–Crippen MR) is 117 cm³/mol. The molecule has 166 valence electrons. The number of hydrogen-bond acceptors (Lipinski definition) is 5. The van der Waals surface area contributed by atoms with Crippen LogP contribution in [0.2, 0.25) is 0 Å². The van der Waals surface area contributed by atoms with Crippen LogP contribution in [0.1, 0.15) is 50.3 Å². The number of H-pyrrole nitrogens is 1. The second kappa shape index (κ2) is 9.33. The molecule has 0 spiro atoms. The molecule has 4 aromatic rings. The molecule has 0 aliphatic rings. The third-order valence-corrected chi connectivity index (χ3v) is 5.22. The topological polar surface area (TPSA) is 85.2 Å². The lowest BCUT2D eigenvalue weighted by Crippen LogP contribution is -2.15.